The van der Waals surface area contributed by atoms with Gasteiger partial charge in [-0.25, -0.2) is 4.98 Å². The molecule has 0 aliphatic carbocycles. The second-order valence-electron chi connectivity index (χ2n) is 8.11. The van der Waals surface area contributed by atoms with Crippen molar-refractivity contribution in [1.29, 1.82) is 0 Å². The minimum absolute atomic E-state index is 0.00798. The normalized spacial score (nSPS) is 14.4. The molecular weight excluding hydrogens is 506 g/mol. The molecule has 3 N–H and O–H groups in total. The number of rotatable bonds is 7. The van der Waals surface area contributed by atoms with Gasteiger partial charge < -0.3 is 20.5 Å². The summed E-state index contributed by atoms with van der Waals surface area (Å²) in [6, 6.07) is 12.4. The van der Waals surface area contributed by atoms with Gasteiger partial charge in [-0.15, -0.1) is 25.3 Å². The molecule has 1 atom stereocenters. The molecule has 2 heterocycles. The number of aromatic nitrogens is 2. The van der Waals surface area contributed by atoms with Gasteiger partial charge in [0.05, 0.1) is 11.8 Å². The zero-order valence-corrected chi connectivity index (χ0v) is 23.3. The van der Waals surface area contributed by atoms with Gasteiger partial charge in [0.25, 0.3) is 5.56 Å². The quantitative estimate of drug-likeness (QED) is 0.141. The summed E-state index contributed by atoms with van der Waals surface area (Å²) in [5.74, 6) is 1.11. The van der Waals surface area contributed by atoms with Gasteiger partial charge in [-0.3, -0.25) is 14.4 Å². The Balaban J connectivity index is 0.00000186. The third-order valence-electron chi connectivity index (χ3n) is 5.20. The molecule has 2 aromatic carbocycles. The fourth-order valence-electron chi connectivity index (χ4n) is 3.73. The topological polar surface area (TPSA) is 104 Å². The van der Waals surface area contributed by atoms with Crippen LogP contribution in [0.4, 0.5) is 11.5 Å². The van der Waals surface area contributed by atoms with Gasteiger partial charge in [-0.1, -0.05) is 19.9 Å². The molecule has 0 spiro atoms. The smallest absolute Gasteiger partial charge is 0.283 e. The Morgan fingerprint density at radius 1 is 1.16 bits per heavy atom. The van der Waals surface area contributed by atoms with Crippen LogP contribution in [-0.4, -0.2) is 39.9 Å². The second-order valence-corrected chi connectivity index (χ2v) is 9.46. The highest BCUT2D eigenvalue weighted by Gasteiger charge is 2.23. The van der Waals surface area contributed by atoms with Crippen molar-refractivity contribution in [2.24, 2.45) is 4.99 Å². The van der Waals surface area contributed by atoms with Gasteiger partial charge in [-0.05, 0) is 62.4 Å². The number of benzene rings is 2. The van der Waals surface area contributed by atoms with E-state index in [9.17, 15) is 4.79 Å². The molecule has 1 aliphatic rings. The van der Waals surface area contributed by atoms with E-state index in [4.69, 9.17) is 20.2 Å². The molecule has 37 heavy (non-hydrogen) atoms. The summed E-state index contributed by atoms with van der Waals surface area (Å²) < 4.78 is 12.4. The molecule has 1 aromatic heterocycles. The molecule has 196 valence electrons. The SMILES string of the molecule is CC.CN=Cc1cc(-c2nc3c(n(-c4ccc(OC(S)S)cc4)c2=O)NC(OC(C)C)C=C3)ccc1N. The minimum atomic E-state index is -0.559. The number of hydrogen-bond acceptors (Lipinski definition) is 9. The molecular formula is C27H33N5O3S2. The van der Waals surface area contributed by atoms with Gasteiger partial charge in [-0.2, -0.15) is 0 Å². The first-order chi connectivity index (χ1) is 17.8. The van der Waals surface area contributed by atoms with Crippen LogP contribution in [0.25, 0.3) is 23.0 Å². The van der Waals surface area contributed by atoms with Gasteiger partial charge in [0.15, 0.2) is 4.77 Å². The van der Waals surface area contributed by atoms with E-state index in [0.29, 0.717) is 39.8 Å². The van der Waals surface area contributed by atoms with Crippen molar-refractivity contribution in [3.63, 3.8) is 0 Å². The first-order valence-corrected chi connectivity index (χ1v) is 13.0. The summed E-state index contributed by atoms with van der Waals surface area (Å²) in [6.07, 6.45) is 4.98. The summed E-state index contributed by atoms with van der Waals surface area (Å²) in [7, 11) is 1.67. The molecule has 10 heteroatoms. The van der Waals surface area contributed by atoms with Gasteiger partial charge in [0, 0.05) is 30.1 Å². The van der Waals surface area contributed by atoms with E-state index < -0.39 is 11.0 Å². The van der Waals surface area contributed by atoms with Gasteiger partial charge >= 0.3 is 0 Å². The van der Waals surface area contributed by atoms with Crippen LogP contribution in [0, 0.1) is 0 Å². The van der Waals surface area contributed by atoms with Crippen LogP contribution < -0.4 is 21.3 Å². The van der Waals surface area contributed by atoms with E-state index in [1.165, 1.54) is 0 Å². The highest BCUT2D eigenvalue weighted by Crippen LogP contribution is 2.29. The van der Waals surface area contributed by atoms with E-state index in [0.717, 1.165) is 0 Å². The maximum absolute atomic E-state index is 13.9. The Hall–Kier alpha value is -3.21. The first kappa shape index (κ1) is 28.4. The number of thiol groups is 2. The lowest BCUT2D eigenvalue weighted by molar-refractivity contribution is 0.0506. The maximum Gasteiger partial charge on any atom is 0.283 e. The molecule has 0 saturated heterocycles. The van der Waals surface area contributed by atoms with Crippen LogP contribution in [0.15, 0.2) is 58.3 Å². The number of nitrogens with zero attached hydrogens (tertiary/aromatic N) is 3. The highest BCUT2D eigenvalue weighted by atomic mass is 32.2. The molecule has 0 bridgehead atoms. The number of anilines is 2. The van der Waals surface area contributed by atoms with Crippen LogP contribution >= 0.6 is 25.3 Å². The standard InChI is InChI=1S/C25H27N5O3S2.C2H6/c1-14(2)32-21-11-10-20-23(29-21)30(17-5-7-18(8-6-17)33-25(34)35)24(31)22(28-20)15-4-9-19(26)16(12-15)13-27-3;1-2/h4-14,21,25,29,34-35H,26H2,1-3H3;1-2H3. The van der Waals surface area contributed by atoms with Crippen molar-refractivity contribution in [3.8, 4) is 22.7 Å². The van der Waals surface area contributed by atoms with Crippen molar-refractivity contribution < 1.29 is 9.47 Å². The highest BCUT2D eigenvalue weighted by molar-refractivity contribution is 7.98. The minimum Gasteiger partial charge on any atom is -0.470 e. The lowest BCUT2D eigenvalue weighted by atomic mass is 10.1. The fourth-order valence-corrected chi connectivity index (χ4v) is 3.98. The van der Waals surface area contributed by atoms with Crippen molar-refractivity contribution in [3.05, 3.63) is 70.2 Å². The summed E-state index contributed by atoms with van der Waals surface area (Å²) in [5.41, 5.74) is 9.22. The van der Waals surface area contributed by atoms with E-state index in [2.05, 4.69) is 35.6 Å². The van der Waals surface area contributed by atoms with Crippen LogP contribution in [0.5, 0.6) is 5.75 Å². The largest absolute Gasteiger partial charge is 0.470 e. The average molecular weight is 540 g/mol. The van der Waals surface area contributed by atoms with E-state index in [1.54, 1.807) is 54.2 Å². The van der Waals surface area contributed by atoms with Crippen molar-refractivity contribution in [1.82, 2.24) is 9.55 Å². The van der Waals surface area contributed by atoms with Crippen LogP contribution in [0.1, 0.15) is 39.0 Å². The summed E-state index contributed by atoms with van der Waals surface area (Å²) in [6.45, 7) is 7.90. The lowest BCUT2D eigenvalue weighted by Crippen LogP contribution is -2.33. The number of nitrogens with one attached hydrogen (secondary N) is 1. The van der Waals surface area contributed by atoms with Gasteiger partial charge in [0.1, 0.15) is 29.2 Å². The molecule has 1 aliphatic heterocycles. The zero-order valence-electron chi connectivity index (χ0n) is 21.5. The number of hydrogen-bond donors (Lipinski definition) is 4. The molecule has 0 saturated carbocycles. The van der Waals surface area contributed by atoms with Crippen molar-refractivity contribution >= 4 is 49.1 Å². The van der Waals surface area contributed by atoms with Crippen LogP contribution in [-0.2, 0) is 4.74 Å². The predicted molar refractivity (Wildman–Crippen MR) is 160 cm³/mol. The van der Waals surface area contributed by atoms with E-state index in [1.807, 2.05) is 45.9 Å². The Morgan fingerprint density at radius 2 is 1.86 bits per heavy atom. The number of nitrogens with two attached hydrogens (primary N) is 1. The molecule has 0 radical (unpaired) electrons. The third-order valence-corrected chi connectivity index (χ3v) is 5.41. The molecule has 8 nitrogen and oxygen atoms in total. The van der Waals surface area contributed by atoms with Crippen LogP contribution in [0.3, 0.4) is 0 Å². The first-order valence-electron chi connectivity index (χ1n) is 12.0. The lowest BCUT2D eigenvalue weighted by Gasteiger charge is -2.27. The van der Waals surface area contributed by atoms with E-state index >= 15 is 0 Å². The fraction of sp³-hybridized carbons (Fsp3) is 0.296. The number of nitrogen functional groups attached to an aromatic ring is 1. The van der Waals surface area contributed by atoms with Gasteiger partial charge in [0.2, 0.25) is 0 Å². The monoisotopic (exact) mass is 539 g/mol. The predicted octanol–water partition coefficient (Wildman–Crippen LogP) is 5.27. The summed E-state index contributed by atoms with van der Waals surface area (Å²) in [4.78, 5) is 22.6. The Morgan fingerprint density at radius 3 is 2.49 bits per heavy atom. The molecule has 0 amide bonds. The number of fused-ring (bicyclic) bond motifs is 1. The number of ether oxygens (including phenoxy) is 2. The summed E-state index contributed by atoms with van der Waals surface area (Å²) in [5, 5.41) is 3.30. The zero-order chi connectivity index (χ0) is 27.1. The maximum atomic E-state index is 13.9. The van der Waals surface area contributed by atoms with Crippen molar-refractivity contribution in [2.75, 3.05) is 18.1 Å². The third kappa shape index (κ3) is 6.76. The average Bonchev–Trinajstić information content (AvgIpc) is 2.86. The molecule has 0 fully saturated rings. The Kier molecular flexibility index (Phi) is 9.85. The molecule has 3 aromatic rings. The number of aliphatic imine (C=N–C) groups is 1. The van der Waals surface area contributed by atoms with Crippen molar-refractivity contribution in [2.45, 2.75) is 44.8 Å². The Bertz CT molecular complexity index is 1340. The van der Waals surface area contributed by atoms with Crippen LogP contribution in [0.2, 0.25) is 0 Å². The molecule has 1 unspecified atom stereocenters. The molecule has 4 rings (SSSR count). The summed E-state index contributed by atoms with van der Waals surface area (Å²) >= 11 is 8.27. The Labute approximate surface area is 228 Å². The van der Waals surface area contributed by atoms with E-state index in [-0.39, 0.29) is 17.4 Å². The second kappa shape index (κ2) is 12.8.